The minimum Gasteiger partial charge on any atom is -0.493 e. The second-order valence-electron chi connectivity index (χ2n) is 5.81. The van der Waals surface area contributed by atoms with Crippen LogP contribution in [0.4, 0.5) is 0 Å². The molecular formula is C19H21N3O4. The van der Waals surface area contributed by atoms with Crippen LogP contribution in [0.1, 0.15) is 11.1 Å². The Hall–Kier alpha value is -3.03. The molecule has 0 radical (unpaired) electrons. The topological polar surface area (TPSA) is 86.1 Å². The highest BCUT2D eigenvalue weighted by Crippen LogP contribution is 2.32. The fourth-order valence-corrected chi connectivity index (χ4v) is 2.52. The third kappa shape index (κ3) is 3.96. The van der Waals surface area contributed by atoms with Crippen LogP contribution in [0.25, 0.3) is 5.70 Å². The summed E-state index contributed by atoms with van der Waals surface area (Å²) in [6, 6.07) is 15.4. The van der Waals surface area contributed by atoms with E-state index in [1.54, 1.807) is 13.2 Å². The van der Waals surface area contributed by atoms with Crippen molar-refractivity contribution in [3.8, 4) is 11.5 Å². The molecule has 3 rings (SSSR count). The molecule has 1 aliphatic rings. The van der Waals surface area contributed by atoms with Crippen molar-refractivity contribution in [2.45, 2.75) is 12.7 Å². The van der Waals surface area contributed by atoms with Gasteiger partial charge in [-0.05, 0) is 29.8 Å². The van der Waals surface area contributed by atoms with Gasteiger partial charge in [0.05, 0.1) is 12.8 Å². The van der Waals surface area contributed by atoms with Crippen LogP contribution in [-0.2, 0) is 16.2 Å². The van der Waals surface area contributed by atoms with Crippen LogP contribution in [0, 0.1) is 0 Å². The zero-order chi connectivity index (χ0) is 18.5. The number of carbonyl (C=O) groups excluding carboxylic acids is 1. The van der Waals surface area contributed by atoms with Gasteiger partial charge in [-0.25, -0.2) is 5.84 Å². The number of nitrogens with zero attached hydrogens (tertiary/aromatic N) is 1. The summed E-state index contributed by atoms with van der Waals surface area (Å²) < 4.78 is 11.3. The van der Waals surface area contributed by atoms with Crippen molar-refractivity contribution in [2.24, 2.45) is 5.84 Å². The van der Waals surface area contributed by atoms with Gasteiger partial charge >= 0.3 is 0 Å². The molecule has 0 saturated heterocycles. The van der Waals surface area contributed by atoms with Gasteiger partial charge in [-0.2, -0.15) is 0 Å². The second-order valence-corrected chi connectivity index (χ2v) is 5.81. The number of hydroxylamine groups is 1. The molecule has 0 spiro atoms. The Bertz CT molecular complexity index is 806. The lowest BCUT2D eigenvalue weighted by molar-refractivity contribution is -0.140. The minimum atomic E-state index is -0.768. The summed E-state index contributed by atoms with van der Waals surface area (Å²) in [5.74, 6) is 6.34. The fourth-order valence-electron chi connectivity index (χ4n) is 2.52. The summed E-state index contributed by atoms with van der Waals surface area (Å²) in [5.41, 5.74) is 5.29. The standard InChI is InChI=1S/C19H21N3O4/c1-22(20)19(23)18-11-15(21-26-18)14-8-9-16(24-2)17(10-14)25-12-13-6-4-3-5-7-13/h3-11,18,21H,12,20H2,1-2H3. The molecule has 0 bridgehead atoms. The largest absolute Gasteiger partial charge is 0.493 e. The number of benzene rings is 2. The lowest BCUT2D eigenvalue weighted by Gasteiger charge is -2.13. The number of hydrogen-bond donors (Lipinski definition) is 2. The third-order valence-corrected chi connectivity index (χ3v) is 3.92. The quantitative estimate of drug-likeness (QED) is 0.467. The maximum Gasteiger partial charge on any atom is 0.272 e. The number of ether oxygens (including phenoxy) is 2. The van der Waals surface area contributed by atoms with E-state index in [-0.39, 0.29) is 5.91 Å². The Balaban J connectivity index is 1.79. The van der Waals surface area contributed by atoms with Crippen LogP contribution in [-0.4, -0.2) is 31.2 Å². The predicted octanol–water partition coefficient (Wildman–Crippen LogP) is 1.85. The molecule has 7 heteroatoms. The zero-order valence-electron chi connectivity index (χ0n) is 14.6. The van der Waals surface area contributed by atoms with Gasteiger partial charge in [-0.1, -0.05) is 30.3 Å². The molecule has 1 unspecified atom stereocenters. The van der Waals surface area contributed by atoms with E-state index in [1.165, 1.54) is 7.05 Å². The highest BCUT2D eigenvalue weighted by Gasteiger charge is 2.26. The molecule has 7 nitrogen and oxygen atoms in total. The minimum absolute atomic E-state index is 0.346. The van der Waals surface area contributed by atoms with Gasteiger partial charge in [0.2, 0.25) is 0 Å². The molecule has 136 valence electrons. The predicted molar refractivity (Wildman–Crippen MR) is 96.7 cm³/mol. The number of nitrogens with one attached hydrogen (secondary N) is 1. The molecule has 0 fully saturated rings. The van der Waals surface area contributed by atoms with Crippen LogP contribution in [0.2, 0.25) is 0 Å². The maximum atomic E-state index is 11.9. The molecule has 0 aromatic heterocycles. The van der Waals surface area contributed by atoms with Crippen molar-refractivity contribution in [1.29, 1.82) is 0 Å². The molecule has 2 aromatic rings. The first-order chi connectivity index (χ1) is 12.6. The van der Waals surface area contributed by atoms with E-state index < -0.39 is 6.10 Å². The lowest BCUT2D eigenvalue weighted by atomic mass is 10.1. The molecule has 3 N–H and O–H groups in total. The van der Waals surface area contributed by atoms with Crippen LogP contribution in [0.15, 0.2) is 54.6 Å². The summed E-state index contributed by atoms with van der Waals surface area (Å²) >= 11 is 0. The van der Waals surface area contributed by atoms with E-state index in [1.807, 2.05) is 48.5 Å². The van der Waals surface area contributed by atoms with E-state index in [0.717, 1.165) is 16.1 Å². The average Bonchev–Trinajstić information content (AvgIpc) is 3.16. The number of hydrogen-bond acceptors (Lipinski definition) is 6. The van der Waals surface area contributed by atoms with Gasteiger partial charge in [0.15, 0.2) is 17.6 Å². The number of hydrazine groups is 1. The fraction of sp³-hybridized carbons (Fsp3) is 0.211. The highest BCUT2D eigenvalue weighted by atomic mass is 16.7. The first-order valence-corrected chi connectivity index (χ1v) is 8.09. The van der Waals surface area contributed by atoms with Crippen LogP contribution >= 0.6 is 0 Å². The molecule has 26 heavy (non-hydrogen) atoms. The summed E-state index contributed by atoms with van der Waals surface area (Å²) in [6.45, 7) is 0.419. The number of nitrogens with two attached hydrogens (primary N) is 1. The summed E-state index contributed by atoms with van der Waals surface area (Å²) in [7, 11) is 3.06. The van der Waals surface area contributed by atoms with E-state index in [9.17, 15) is 4.79 Å². The number of likely N-dealkylation sites (N-methyl/N-ethyl adjacent to an activating group) is 1. The van der Waals surface area contributed by atoms with Crippen molar-refractivity contribution in [2.75, 3.05) is 14.2 Å². The maximum absolute atomic E-state index is 11.9. The molecule has 0 saturated carbocycles. The monoisotopic (exact) mass is 355 g/mol. The normalized spacial score (nSPS) is 15.8. The number of carbonyl (C=O) groups is 1. The summed E-state index contributed by atoms with van der Waals surface area (Å²) in [6.07, 6.45) is 0.907. The highest BCUT2D eigenvalue weighted by molar-refractivity contribution is 5.85. The van der Waals surface area contributed by atoms with Crippen molar-refractivity contribution in [1.82, 2.24) is 10.5 Å². The Labute approximate surface area is 151 Å². The van der Waals surface area contributed by atoms with Gasteiger partial charge in [0, 0.05) is 12.6 Å². The van der Waals surface area contributed by atoms with Gasteiger partial charge < -0.3 is 9.47 Å². The van der Waals surface area contributed by atoms with E-state index in [2.05, 4.69) is 5.48 Å². The smallest absolute Gasteiger partial charge is 0.272 e. The van der Waals surface area contributed by atoms with Gasteiger partial charge in [-0.15, -0.1) is 0 Å². The molecule has 1 atom stereocenters. The van der Waals surface area contributed by atoms with Crippen molar-refractivity contribution < 1.29 is 19.1 Å². The van der Waals surface area contributed by atoms with E-state index in [4.69, 9.17) is 20.2 Å². The molecule has 1 heterocycles. The third-order valence-electron chi connectivity index (χ3n) is 3.92. The van der Waals surface area contributed by atoms with Crippen molar-refractivity contribution in [3.05, 3.63) is 65.7 Å². The zero-order valence-corrected chi connectivity index (χ0v) is 14.6. The van der Waals surface area contributed by atoms with Gasteiger partial charge in [0.1, 0.15) is 6.61 Å². The molecule has 1 aliphatic heterocycles. The Morgan fingerprint density at radius 2 is 2.00 bits per heavy atom. The van der Waals surface area contributed by atoms with Gasteiger partial charge in [-0.3, -0.25) is 20.1 Å². The van der Waals surface area contributed by atoms with Crippen LogP contribution < -0.4 is 20.8 Å². The van der Waals surface area contributed by atoms with Crippen molar-refractivity contribution in [3.63, 3.8) is 0 Å². The first kappa shape index (κ1) is 17.8. The summed E-state index contributed by atoms with van der Waals surface area (Å²) in [5, 5.41) is 0.994. The van der Waals surface area contributed by atoms with Crippen LogP contribution in [0.5, 0.6) is 11.5 Å². The van der Waals surface area contributed by atoms with E-state index >= 15 is 0 Å². The Morgan fingerprint density at radius 3 is 2.69 bits per heavy atom. The van der Waals surface area contributed by atoms with Crippen molar-refractivity contribution >= 4 is 11.6 Å². The number of rotatable bonds is 6. The number of methoxy groups -OCH3 is 1. The first-order valence-electron chi connectivity index (χ1n) is 8.09. The molecule has 0 aliphatic carbocycles. The van der Waals surface area contributed by atoms with Crippen LogP contribution in [0.3, 0.4) is 0 Å². The summed E-state index contributed by atoms with van der Waals surface area (Å²) in [4.78, 5) is 17.2. The second kappa shape index (κ2) is 7.90. The van der Waals surface area contributed by atoms with E-state index in [0.29, 0.717) is 23.8 Å². The average molecular weight is 355 g/mol. The number of amides is 1. The molecular weight excluding hydrogens is 334 g/mol. The SMILES string of the molecule is COc1ccc(C2=CC(C(=O)N(C)N)ON2)cc1OCc1ccccc1. The molecule has 1 amide bonds. The lowest BCUT2D eigenvalue weighted by Crippen LogP contribution is -2.40. The Morgan fingerprint density at radius 1 is 1.23 bits per heavy atom. The molecule has 2 aromatic carbocycles. The Kier molecular flexibility index (Phi) is 5.40. The van der Waals surface area contributed by atoms with Gasteiger partial charge in [0.25, 0.3) is 5.91 Å².